The lowest BCUT2D eigenvalue weighted by molar-refractivity contribution is 0.0786. The molecule has 1 atom stereocenters. The van der Waals surface area contributed by atoms with Crippen molar-refractivity contribution in [1.29, 1.82) is 0 Å². The van der Waals surface area contributed by atoms with Crippen LogP contribution in [0.25, 0.3) is 0 Å². The normalized spacial score (nSPS) is 19.2. The quantitative estimate of drug-likeness (QED) is 0.927. The van der Waals surface area contributed by atoms with Gasteiger partial charge in [-0.25, -0.2) is 4.98 Å². The first-order valence-corrected chi connectivity index (χ1v) is 8.85. The van der Waals surface area contributed by atoms with Crippen LogP contribution in [-0.4, -0.2) is 47.0 Å². The lowest BCUT2D eigenvalue weighted by atomic mass is 9.97. The predicted octanol–water partition coefficient (Wildman–Crippen LogP) is 2.38. The molecule has 4 rings (SSSR count). The Balaban J connectivity index is 1.37. The van der Waals surface area contributed by atoms with Crippen LogP contribution < -0.4 is 10.1 Å². The molecule has 0 bridgehead atoms. The lowest BCUT2D eigenvalue weighted by Crippen LogP contribution is -2.29. The molecule has 1 aromatic heterocycles. The number of carbonyl (C=O) groups excluding carboxylic acids is 1. The van der Waals surface area contributed by atoms with Crippen LogP contribution in [-0.2, 0) is 6.42 Å². The van der Waals surface area contributed by atoms with Crippen LogP contribution >= 0.6 is 0 Å². The molecule has 2 aliphatic heterocycles. The molecule has 0 aliphatic carbocycles. The number of carbonyl (C=O) groups is 1. The van der Waals surface area contributed by atoms with Crippen molar-refractivity contribution in [3.05, 3.63) is 47.9 Å². The average Bonchev–Trinajstić information content (AvgIpc) is 3.20. The minimum atomic E-state index is -0.0245. The first kappa shape index (κ1) is 15.9. The summed E-state index contributed by atoms with van der Waals surface area (Å²) in [6.45, 7) is 3.06. The highest BCUT2D eigenvalue weighted by atomic mass is 16.5. The van der Waals surface area contributed by atoms with E-state index in [9.17, 15) is 4.79 Å². The number of fused-ring (bicyclic) bond motifs is 1. The smallest absolute Gasteiger partial charge is 0.274 e. The number of likely N-dealkylation sites (tertiary alicyclic amines) is 1. The maximum absolute atomic E-state index is 12.4. The minimum absolute atomic E-state index is 0.0245. The maximum atomic E-state index is 12.4. The molecule has 1 N–H and O–H groups in total. The Kier molecular flexibility index (Phi) is 4.50. The van der Waals surface area contributed by atoms with Gasteiger partial charge in [-0.15, -0.1) is 0 Å². The van der Waals surface area contributed by atoms with Gasteiger partial charge in [-0.1, -0.05) is 18.2 Å². The summed E-state index contributed by atoms with van der Waals surface area (Å²) in [5.41, 5.74) is 1.65. The number of ether oxygens (including phenoxy) is 1. The average molecular weight is 338 g/mol. The second-order valence-corrected chi connectivity index (χ2v) is 6.66. The largest absolute Gasteiger partial charge is 0.493 e. The van der Waals surface area contributed by atoms with Gasteiger partial charge in [-0.05, 0) is 30.9 Å². The van der Waals surface area contributed by atoms with E-state index in [2.05, 4.69) is 21.4 Å². The molecule has 6 heteroatoms. The Bertz CT molecular complexity index is 759. The van der Waals surface area contributed by atoms with E-state index in [1.807, 2.05) is 23.1 Å². The molecule has 0 radical (unpaired) electrons. The number of hydrogen-bond donors (Lipinski definition) is 1. The first-order valence-electron chi connectivity index (χ1n) is 8.85. The van der Waals surface area contributed by atoms with Crippen molar-refractivity contribution in [2.24, 2.45) is 5.92 Å². The fourth-order valence-corrected chi connectivity index (χ4v) is 3.41. The molecule has 0 saturated carbocycles. The summed E-state index contributed by atoms with van der Waals surface area (Å²) in [7, 11) is 0. The van der Waals surface area contributed by atoms with Crippen LogP contribution in [0.2, 0.25) is 0 Å². The Morgan fingerprint density at radius 2 is 2.08 bits per heavy atom. The molecule has 1 aromatic carbocycles. The van der Waals surface area contributed by atoms with E-state index in [0.29, 0.717) is 24.0 Å². The van der Waals surface area contributed by atoms with E-state index in [0.717, 1.165) is 44.6 Å². The van der Waals surface area contributed by atoms with Crippen molar-refractivity contribution in [3.8, 4) is 5.75 Å². The topological polar surface area (TPSA) is 67.3 Å². The van der Waals surface area contributed by atoms with Crippen molar-refractivity contribution in [3.63, 3.8) is 0 Å². The van der Waals surface area contributed by atoms with Gasteiger partial charge < -0.3 is 15.0 Å². The molecule has 1 saturated heterocycles. The second kappa shape index (κ2) is 7.09. The SMILES string of the molecule is O=C(c1cncc(NC[C@H]2COc3ccccc3C2)n1)N1CCCC1. The highest BCUT2D eigenvalue weighted by molar-refractivity contribution is 5.92. The zero-order valence-corrected chi connectivity index (χ0v) is 14.1. The van der Waals surface area contributed by atoms with E-state index in [1.54, 1.807) is 12.4 Å². The van der Waals surface area contributed by atoms with E-state index in [-0.39, 0.29) is 5.91 Å². The van der Waals surface area contributed by atoms with Gasteiger partial charge in [-0.3, -0.25) is 9.78 Å². The van der Waals surface area contributed by atoms with E-state index >= 15 is 0 Å². The number of nitrogens with one attached hydrogen (secondary N) is 1. The van der Waals surface area contributed by atoms with Crippen LogP contribution in [0.3, 0.4) is 0 Å². The molecule has 1 fully saturated rings. The predicted molar refractivity (Wildman–Crippen MR) is 94.8 cm³/mol. The third-order valence-electron chi connectivity index (χ3n) is 4.77. The minimum Gasteiger partial charge on any atom is -0.493 e. The number of para-hydroxylation sites is 1. The van der Waals surface area contributed by atoms with Crippen molar-refractivity contribution in [2.75, 3.05) is 31.6 Å². The Morgan fingerprint density at radius 3 is 2.96 bits per heavy atom. The fraction of sp³-hybridized carbons (Fsp3) is 0.421. The zero-order valence-electron chi connectivity index (χ0n) is 14.1. The zero-order chi connectivity index (χ0) is 17.1. The Hall–Kier alpha value is -2.63. The van der Waals surface area contributed by atoms with Gasteiger partial charge in [0.15, 0.2) is 0 Å². The molecule has 25 heavy (non-hydrogen) atoms. The number of nitrogens with zero attached hydrogens (tertiary/aromatic N) is 3. The van der Waals surface area contributed by atoms with Crippen molar-refractivity contribution < 1.29 is 9.53 Å². The molecule has 2 aromatic rings. The summed E-state index contributed by atoms with van der Waals surface area (Å²) in [4.78, 5) is 22.9. The second-order valence-electron chi connectivity index (χ2n) is 6.66. The monoisotopic (exact) mass is 338 g/mol. The Morgan fingerprint density at radius 1 is 1.24 bits per heavy atom. The van der Waals surface area contributed by atoms with Crippen LogP contribution in [0.5, 0.6) is 5.75 Å². The third kappa shape index (κ3) is 3.57. The fourth-order valence-electron chi connectivity index (χ4n) is 3.41. The Labute approximate surface area is 147 Å². The standard InChI is InChI=1S/C19H22N4O2/c24-19(23-7-3-4-8-23)16-11-20-12-18(22-16)21-10-14-9-15-5-1-2-6-17(15)25-13-14/h1-2,5-6,11-12,14H,3-4,7-10,13H2,(H,21,22)/t14-/m0/s1. The number of rotatable bonds is 4. The van der Waals surface area contributed by atoms with Crippen LogP contribution in [0.4, 0.5) is 5.82 Å². The van der Waals surface area contributed by atoms with Crippen molar-refractivity contribution in [1.82, 2.24) is 14.9 Å². The summed E-state index contributed by atoms with van der Waals surface area (Å²) in [5.74, 6) is 1.97. The maximum Gasteiger partial charge on any atom is 0.274 e. The van der Waals surface area contributed by atoms with Crippen LogP contribution in [0.1, 0.15) is 28.9 Å². The third-order valence-corrected chi connectivity index (χ3v) is 4.77. The van der Waals surface area contributed by atoms with E-state index in [4.69, 9.17) is 4.74 Å². The van der Waals surface area contributed by atoms with Gasteiger partial charge in [-0.2, -0.15) is 0 Å². The molecule has 1 amide bonds. The van der Waals surface area contributed by atoms with Crippen LogP contribution in [0, 0.1) is 5.92 Å². The molecule has 3 heterocycles. The number of amides is 1. The molecule has 0 unspecified atom stereocenters. The van der Waals surface area contributed by atoms with Crippen molar-refractivity contribution in [2.45, 2.75) is 19.3 Å². The highest BCUT2D eigenvalue weighted by Gasteiger charge is 2.22. The molecule has 2 aliphatic rings. The number of aromatic nitrogens is 2. The first-order chi connectivity index (χ1) is 12.3. The molecule has 130 valence electrons. The van der Waals surface area contributed by atoms with Gasteiger partial charge in [0.1, 0.15) is 17.3 Å². The van der Waals surface area contributed by atoms with E-state index in [1.165, 1.54) is 5.56 Å². The molecule has 0 spiro atoms. The summed E-state index contributed by atoms with van der Waals surface area (Å²) >= 11 is 0. The summed E-state index contributed by atoms with van der Waals surface area (Å²) in [5, 5.41) is 3.31. The van der Waals surface area contributed by atoms with Gasteiger partial charge in [0.2, 0.25) is 0 Å². The molecule has 6 nitrogen and oxygen atoms in total. The summed E-state index contributed by atoms with van der Waals surface area (Å²) in [6, 6.07) is 8.15. The van der Waals surface area contributed by atoms with Gasteiger partial charge in [0.05, 0.1) is 19.0 Å². The number of hydrogen-bond acceptors (Lipinski definition) is 5. The van der Waals surface area contributed by atoms with Crippen LogP contribution in [0.15, 0.2) is 36.7 Å². The number of anilines is 1. The van der Waals surface area contributed by atoms with Gasteiger partial charge in [0, 0.05) is 25.6 Å². The van der Waals surface area contributed by atoms with Gasteiger partial charge in [0.25, 0.3) is 5.91 Å². The van der Waals surface area contributed by atoms with E-state index < -0.39 is 0 Å². The summed E-state index contributed by atoms with van der Waals surface area (Å²) < 4.78 is 5.82. The summed E-state index contributed by atoms with van der Waals surface area (Å²) in [6.07, 6.45) is 6.33. The molecular formula is C19H22N4O2. The highest BCUT2D eigenvalue weighted by Crippen LogP contribution is 2.26. The van der Waals surface area contributed by atoms with Gasteiger partial charge >= 0.3 is 0 Å². The lowest BCUT2D eigenvalue weighted by Gasteiger charge is -2.25. The molecular weight excluding hydrogens is 316 g/mol. The number of benzene rings is 1. The van der Waals surface area contributed by atoms with Crippen molar-refractivity contribution >= 4 is 11.7 Å².